The number of halogens is 2. The molecular weight excluding hydrogens is 268 g/mol. The number of aromatic nitrogens is 1. The van der Waals surface area contributed by atoms with Gasteiger partial charge in [0.25, 0.3) is 0 Å². The fourth-order valence-corrected chi connectivity index (χ4v) is 1.74. The molecule has 0 spiro atoms. The summed E-state index contributed by atoms with van der Waals surface area (Å²) >= 11 is 0. The number of aliphatic hydroxyl groups excluding tert-OH is 1. The van der Waals surface area contributed by atoms with Crippen LogP contribution in [0.2, 0.25) is 0 Å². The standard InChI is InChI=1S/C13H21F2N3O2/c1-4-5-16-12-10(14)6-11(15)13(17-12)18(2)7-9(19)8-20-3/h6,9,19H,4-5,7-8H2,1-3H3,(H,16,17). The molecule has 0 aliphatic carbocycles. The predicted molar refractivity (Wildman–Crippen MR) is 74.1 cm³/mol. The first-order chi connectivity index (χ1) is 9.49. The van der Waals surface area contributed by atoms with Crippen molar-refractivity contribution in [1.82, 2.24) is 4.98 Å². The van der Waals surface area contributed by atoms with Gasteiger partial charge in [-0.15, -0.1) is 0 Å². The van der Waals surface area contributed by atoms with Gasteiger partial charge >= 0.3 is 0 Å². The maximum absolute atomic E-state index is 13.8. The third-order valence-electron chi connectivity index (χ3n) is 2.66. The second-order valence-corrected chi connectivity index (χ2v) is 4.54. The lowest BCUT2D eigenvalue weighted by molar-refractivity contribution is 0.0693. The van der Waals surface area contributed by atoms with Crippen molar-refractivity contribution in [2.75, 3.05) is 44.1 Å². The molecule has 1 rings (SSSR count). The molecule has 0 aliphatic rings. The van der Waals surface area contributed by atoms with E-state index in [0.717, 1.165) is 12.5 Å². The zero-order valence-electron chi connectivity index (χ0n) is 12.0. The second kappa shape index (κ2) is 7.96. The first kappa shape index (κ1) is 16.6. The largest absolute Gasteiger partial charge is 0.389 e. The molecule has 0 aliphatic heterocycles. The Balaban J connectivity index is 2.87. The molecule has 0 radical (unpaired) electrons. The van der Waals surface area contributed by atoms with Crippen molar-refractivity contribution < 1.29 is 18.6 Å². The summed E-state index contributed by atoms with van der Waals surface area (Å²) in [5.74, 6) is -1.50. The van der Waals surface area contributed by atoms with Gasteiger partial charge in [0.2, 0.25) is 0 Å². The minimum absolute atomic E-state index is 0.0105. The molecule has 0 bridgehead atoms. The lowest BCUT2D eigenvalue weighted by Crippen LogP contribution is -2.33. The Morgan fingerprint density at radius 1 is 1.45 bits per heavy atom. The molecule has 1 aromatic rings. The average molecular weight is 289 g/mol. The maximum Gasteiger partial charge on any atom is 0.168 e. The molecular formula is C13H21F2N3O2. The summed E-state index contributed by atoms with van der Waals surface area (Å²) < 4.78 is 32.1. The molecule has 0 aromatic carbocycles. The molecule has 114 valence electrons. The number of hydrogen-bond donors (Lipinski definition) is 2. The Morgan fingerprint density at radius 3 is 2.75 bits per heavy atom. The molecule has 7 heteroatoms. The number of methoxy groups -OCH3 is 1. The lowest BCUT2D eigenvalue weighted by Gasteiger charge is -2.22. The Labute approximate surface area is 117 Å². The van der Waals surface area contributed by atoms with Crippen LogP contribution in [-0.4, -0.2) is 50.0 Å². The van der Waals surface area contributed by atoms with E-state index in [1.54, 1.807) is 7.05 Å². The molecule has 0 amide bonds. The number of aliphatic hydroxyl groups is 1. The predicted octanol–water partition coefficient (Wildman–Crippen LogP) is 1.63. The van der Waals surface area contributed by atoms with Gasteiger partial charge in [-0.25, -0.2) is 13.8 Å². The molecule has 1 aromatic heterocycles. The van der Waals surface area contributed by atoms with Crippen molar-refractivity contribution >= 4 is 11.6 Å². The van der Waals surface area contributed by atoms with Gasteiger partial charge in [-0.2, -0.15) is 0 Å². The van der Waals surface area contributed by atoms with Gasteiger partial charge in [-0.3, -0.25) is 0 Å². The average Bonchev–Trinajstić information content (AvgIpc) is 2.37. The van der Waals surface area contributed by atoms with Crippen molar-refractivity contribution in [2.45, 2.75) is 19.4 Å². The zero-order chi connectivity index (χ0) is 15.1. The molecule has 2 N–H and O–H groups in total. The van der Waals surface area contributed by atoms with Crippen molar-refractivity contribution in [3.05, 3.63) is 17.7 Å². The summed E-state index contributed by atoms with van der Waals surface area (Å²) in [4.78, 5) is 5.36. The summed E-state index contributed by atoms with van der Waals surface area (Å²) in [7, 11) is 3.04. The fraction of sp³-hybridized carbons (Fsp3) is 0.615. The quantitative estimate of drug-likeness (QED) is 0.761. The number of ether oxygens (including phenoxy) is 1. The first-order valence-electron chi connectivity index (χ1n) is 6.47. The third-order valence-corrected chi connectivity index (χ3v) is 2.66. The van der Waals surface area contributed by atoms with Crippen molar-refractivity contribution in [3.8, 4) is 0 Å². The maximum atomic E-state index is 13.8. The third kappa shape index (κ3) is 4.57. The van der Waals surface area contributed by atoms with Crippen LogP contribution >= 0.6 is 0 Å². The van der Waals surface area contributed by atoms with Crippen molar-refractivity contribution in [3.63, 3.8) is 0 Å². The molecule has 1 atom stereocenters. The van der Waals surface area contributed by atoms with Gasteiger partial charge in [0, 0.05) is 33.3 Å². The van der Waals surface area contributed by atoms with Crippen LogP contribution < -0.4 is 10.2 Å². The Morgan fingerprint density at radius 2 is 2.15 bits per heavy atom. The number of rotatable bonds is 8. The Bertz CT molecular complexity index is 432. The summed E-state index contributed by atoms with van der Waals surface area (Å²) in [6.45, 7) is 2.75. The Kier molecular flexibility index (Phi) is 6.60. The minimum Gasteiger partial charge on any atom is -0.389 e. The number of nitrogens with zero attached hydrogens (tertiary/aromatic N) is 2. The second-order valence-electron chi connectivity index (χ2n) is 4.54. The lowest BCUT2D eigenvalue weighted by atomic mass is 10.3. The summed E-state index contributed by atoms with van der Waals surface area (Å²) in [6.07, 6.45) is 0.0271. The number of likely N-dealkylation sites (N-methyl/N-ethyl adjacent to an activating group) is 1. The number of nitrogens with one attached hydrogen (secondary N) is 1. The number of anilines is 2. The highest BCUT2D eigenvalue weighted by Crippen LogP contribution is 2.21. The molecule has 0 saturated carbocycles. The molecule has 1 heterocycles. The van der Waals surface area contributed by atoms with E-state index in [-0.39, 0.29) is 24.8 Å². The fourth-order valence-electron chi connectivity index (χ4n) is 1.74. The van der Waals surface area contributed by atoms with Gasteiger partial charge in [-0.1, -0.05) is 6.92 Å². The molecule has 20 heavy (non-hydrogen) atoms. The normalized spacial score (nSPS) is 12.3. The zero-order valence-corrected chi connectivity index (χ0v) is 12.0. The van der Waals surface area contributed by atoms with Crippen LogP contribution in [0.15, 0.2) is 6.07 Å². The number of pyridine rings is 1. The number of hydrogen-bond acceptors (Lipinski definition) is 5. The van der Waals surface area contributed by atoms with E-state index >= 15 is 0 Å². The monoisotopic (exact) mass is 289 g/mol. The van der Waals surface area contributed by atoms with Gasteiger partial charge in [0.15, 0.2) is 23.3 Å². The molecule has 1 unspecified atom stereocenters. The van der Waals surface area contributed by atoms with Crippen LogP contribution in [-0.2, 0) is 4.74 Å². The smallest absolute Gasteiger partial charge is 0.168 e. The molecule has 0 fully saturated rings. The SMILES string of the molecule is CCCNc1nc(N(C)CC(O)COC)c(F)cc1F. The van der Waals surface area contributed by atoms with Gasteiger partial charge in [0.1, 0.15) is 0 Å². The topological polar surface area (TPSA) is 57.6 Å². The van der Waals surface area contributed by atoms with E-state index in [1.165, 1.54) is 12.0 Å². The van der Waals surface area contributed by atoms with Crippen LogP contribution in [0, 0.1) is 11.6 Å². The van der Waals surface area contributed by atoms with Crippen LogP contribution in [0.4, 0.5) is 20.4 Å². The highest BCUT2D eigenvalue weighted by molar-refractivity contribution is 5.49. The van der Waals surface area contributed by atoms with Crippen molar-refractivity contribution in [1.29, 1.82) is 0 Å². The van der Waals surface area contributed by atoms with Gasteiger partial charge < -0.3 is 20.1 Å². The first-order valence-corrected chi connectivity index (χ1v) is 6.47. The highest BCUT2D eigenvalue weighted by atomic mass is 19.1. The summed E-state index contributed by atoms with van der Waals surface area (Å²) in [6, 6.07) is 0.791. The minimum atomic E-state index is -0.775. The summed E-state index contributed by atoms with van der Waals surface area (Å²) in [5, 5.41) is 12.4. The van der Waals surface area contributed by atoms with Crippen LogP contribution in [0.5, 0.6) is 0 Å². The van der Waals surface area contributed by atoms with E-state index in [9.17, 15) is 13.9 Å². The molecule has 0 saturated heterocycles. The van der Waals surface area contributed by atoms with E-state index < -0.39 is 17.7 Å². The molecule has 5 nitrogen and oxygen atoms in total. The highest BCUT2D eigenvalue weighted by Gasteiger charge is 2.17. The Hall–Kier alpha value is -1.47. The van der Waals surface area contributed by atoms with Crippen LogP contribution in [0.25, 0.3) is 0 Å². The summed E-state index contributed by atoms with van der Waals surface area (Å²) in [5.41, 5.74) is 0. The van der Waals surface area contributed by atoms with E-state index in [1.807, 2.05) is 6.92 Å². The van der Waals surface area contributed by atoms with Crippen LogP contribution in [0.1, 0.15) is 13.3 Å². The van der Waals surface area contributed by atoms with Gasteiger partial charge in [-0.05, 0) is 6.42 Å². The van der Waals surface area contributed by atoms with Crippen molar-refractivity contribution in [2.24, 2.45) is 0 Å². The van der Waals surface area contributed by atoms with Gasteiger partial charge in [0.05, 0.1) is 12.7 Å². The van der Waals surface area contributed by atoms with E-state index in [0.29, 0.717) is 6.54 Å². The van der Waals surface area contributed by atoms with Crippen LogP contribution in [0.3, 0.4) is 0 Å². The van der Waals surface area contributed by atoms with E-state index in [2.05, 4.69) is 10.3 Å². The van der Waals surface area contributed by atoms with E-state index in [4.69, 9.17) is 4.74 Å².